The molecule has 0 bridgehead atoms. The van der Waals surface area contributed by atoms with Crippen LogP contribution in [0.4, 0.5) is 23.4 Å². The molecule has 7 nitrogen and oxygen atoms in total. The molecule has 0 unspecified atom stereocenters. The Kier molecular flexibility index (Phi) is 6.32. The topological polar surface area (TPSA) is 92.4 Å². The summed E-state index contributed by atoms with van der Waals surface area (Å²) < 4.78 is 78.3. The van der Waals surface area contributed by atoms with Crippen molar-refractivity contribution in [3.63, 3.8) is 0 Å². The third kappa shape index (κ3) is 5.03. The first kappa shape index (κ1) is 24.0. The lowest BCUT2D eigenvalue weighted by Gasteiger charge is -2.35. The first-order chi connectivity index (χ1) is 15.9. The second kappa shape index (κ2) is 8.93. The van der Waals surface area contributed by atoms with Crippen LogP contribution in [0.25, 0.3) is 22.4 Å². The largest absolute Gasteiger partial charge is 0.451 e. The van der Waals surface area contributed by atoms with E-state index in [9.17, 15) is 26.0 Å². The van der Waals surface area contributed by atoms with Crippen molar-refractivity contribution in [3.8, 4) is 22.4 Å². The molecule has 1 saturated heterocycles. The standard InChI is InChI=1S/C22H21F4N5O2S/c1-30-10-12-31(13-11-30)20-18(14-4-8-17(9-5-14)34(27,32)33)19(15-2-6-16(23)7-3-15)28-21(29-20)22(24,25)26/h2-9H,10-13H2,1H3,(H2,27,32,33). The number of nitrogens with zero attached hydrogens (tertiary/aromatic N) is 4. The molecule has 3 aromatic rings. The number of likely N-dealkylation sites (N-methyl/N-ethyl adjacent to an activating group) is 1. The van der Waals surface area contributed by atoms with E-state index < -0.39 is 27.8 Å². The zero-order valence-corrected chi connectivity index (χ0v) is 18.9. The molecule has 0 aliphatic carbocycles. The molecule has 0 amide bonds. The van der Waals surface area contributed by atoms with Crippen LogP contribution in [-0.2, 0) is 16.2 Å². The van der Waals surface area contributed by atoms with Crippen LogP contribution >= 0.6 is 0 Å². The molecule has 0 radical (unpaired) electrons. The molecule has 2 heterocycles. The number of nitrogens with two attached hydrogens (primary N) is 1. The van der Waals surface area contributed by atoms with Crippen molar-refractivity contribution in [1.29, 1.82) is 0 Å². The summed E-state index contributed by atoms with van der Waals surface area (Å²) in [6, 6.07) is 10.4. The van der Waals surface area contributed by atoms with Gasteiger partial charge in [-0.1, -0.05) is 12.1 Å². The summed E-state index contributed by atoms with van der Waals surface area (Å²) in [5.41, 5.74) is 0.898. The number of sulfonamides is 1. The van der Waals surface area contributed by atoms with Crippen molar-refractivity contribution in [2.45, 2.75) is 11.1 Å². The molecular formula is C22H21F4N5O2S. The Bertz CT molecular complexity index is 1290. The van der Waals surface area contributed by atoms with Crippen LogP contribution < -0.4 is 10.0 Å². The monoisotopic (exact) mass is 495 g/mol. The minimum atomic E-state index is -4.81. The number of anilines is 1. The van der Waals surface area contributed by atoms with E-state index in [-0.39, 0.29) is 27.5 Å². The third-order valence-corrected chi connectivity index (χ3v) is 6.46. The highest BCUT2D eigenvalue weighted by atomic mass is 32.2. The van der Waals surface area contributed by atoms with Gasteiger partial charge in [0.2, 0.25) is 15.8 Å². The minimum absolute atomic E-state index is 0.0420. The van der Waals surface area contributed by atoms with Crippen LogP contribution in [-0.4, -0.2) is 56.5 Å². The highest BCUT2D eigenvalue weighted by Crippen LogP contribution is 2.40. The van der Waals surface area contributed by atoms with E-state index in [1.54, 1.807) is 4.90 Å². The third-order valence-electron chi connectivity index (χ3n) is 5.54. The van der Waals surface area contributed by atoms with E-state index in [0.717, 1.165) is 12.1 Å². The fourth-order valence-electron chi connectivity index (χ4n) is 3.72. The summed E-state index contributed by atoms with van der Waals surface area (Å²) in [4.78, 5) is 11.4. The van der Waals surface area contributed by atoms with Gasteiger partial charge < -0.3 is 9.80 Å². The zero-order valence-electron chi connectivity index (χ0n) is 18.1. The second-order valence-electron chi connectivity index (χ2n) is 7.96. The van der Waals surface area contributed by atoms with Gasteiger partial charge in [-0.25, -0.2) is 27.9 Å². The summed E-state index contributed by atoms with van der Waals surface area (Å²) in [6.45, 7) is 2.08. The lowest BCUT2D eigenvalue weighted by molar-refractivity contribution is -0.144. The fraction of sp³-hybridized carbons (Fsp3) is 0.273. The average Bonchev–Trinajstić information content (AvgIpc) is 2.78. The summed E-state index contributed by atoms with van der Waals surface area (Å²) >= 11 is 0. The van der Waals surface area contributed by atoms with Crippen molar-refractivity contribution in [2.75, 3.05) is 38.1 Å². The van der Waals surface area contributed by atoms with E-state index in [1.807, 2.05) is 11.9 Å². The van der Waals surface area contributed by atoms with Gasteiger partial charge in [-0.3, -0.25) is 0 Å². The van der Waals surface area contributed by atoms with Crippen molar-refractivity contribution in [2.24, 2.45) is 5.14 Å². The van der Waals surface area contributed by atoms with Gasteiger partial charge in [0.25, 0.3) is 0 Å². The Morgan fingerprint density at radius 2 is 1.44 bits per heavy atom. The molecule has 34 heavy (non-hydrogen) atoms. The number of piperazine rings is 1. The maximum atomic E-state index is 13.8. The van der Waals surface area contributed by atoms with Gasteiger partial charge in [0.1, 0.15) is 11.6 Å². The number of aromatic nitrogens is 2. The van der Waals surface area contributed by atoms with E-state index in [0.29, 0.717) is 31.7 Å². The lowest BCUT2D eigenvalue weighted by atomic mass is 9.98. The van der Waals surface area contributed by atoms with Crippen LogP contribution in [0.3, 0.4) is 0 Å². The molecule has 1 aliphatic heterocycles. The molecule has 180 valence electrons. The zero-order chi connectivity index (χ0) is 24.7. The van der Waals surface area contributed by atoms with E-state index in [1.165, 1.54) is 36.4 Å². The summed E-state index contributed by atoms with van der Waals surface area (Å²) in [6.07, 6.45) is -4.81. The fourth-order valence-corrected chi connectivity index (χ4v) is 4.23. The molecule has 0 saturated carbocycles. The van der Waals surface area contributed by atoms with Crippen LogP contribution in [0.15, 0.2) is 53.4 Å². The maximum absolute atomic E-state index is 13.8. The first-order valence-electron chi connectivity index (χ1n) is 10.3. The predicted molar refractivity (Wildman–Crippen MR) is 119 cm³/mol. The second-order valence-corrected chi connectivity index (χ2v) is 9.52. The van der Waals surface area contributed by atoms with Crippen LogP contribution in [0.1, 0.15) is 5.82 Å². The number of halogens is 4. The van der Waals surface area contributed by atoms with Gasteiger partial charge in [0, 0.05) is 31.7 Å². The maximum Gasteiger partial charge on any atom is 0.451 e. The molecule has 1 aliphatic rings. The Morgan fingerprint density at radius 3 is 1.97 bits per heavy atom. The average molecular weight is 496 g/mol. The molecule has 0 atom stereocenters. The van der Waals surface area contributed by atoms with Crippen LogP contribution in [0.2, 0.25) is 0 Å². The number of alkyl halides is 3. The van der Waals surface area contributed by atoms with Gasteiger partial charge in [-0.15, -0.1) is 0 Å². The number of benzene rings is 2. The van der Waals surface area contributed by atoms with Gasteiger partial charge in [-0.05, 0) is 49.0 Å². The van der Waals surface area contributed by atoms with E-state index >= 15 is 0 Å². The SMILES string of the molecule is CN1CCN(c2nc(C(F)(F)F)nc(-c3ccc(F)cc3)c2-c2ccc(S(N)(=O)=O)cc2)CC1. The molecule has 0 spiro atoms. The Balaban J connectivity index is 1.99. The normalized spacial score (nSPS) is 15.5. The number of rotatable bonds is 4. The first-order valence-corrected chi connectivity index (χ1v) is 11.8. The van der Waals surface area contributed by atoms with Crippen LogP contribution in [0.5, 0.6) is 0 Å². The van der Waals surface area contributed by atoms with Crippen molar-refractivity contribution in [1.82, 2.24) is 14.9 Å². The smallest absolute Gasteiger partial charge is 0.353 e. The lowest BCUT2D eigenvalue weighted by Crippen LogP contribution is -2.45. The molecular weight excluding hydrogens is 474 g/mol. The van der Waals surface area contributed by atoms with Crippen molar-refractivity contribution in [3.05, 3.63) is 60.2 Å². The van der Waals surface area contributed by atoms with Crippen molar-refractivity contribution >= 4 is 15.8 Å². The molecule has 2 N–H and O–H groups in total. The quantitative estimate of drug-likeness (QED) is 0.558. The highest BCUT2D eigenvalue weighted by Gasteiger charge is 2.37. The summed E-state index contributed by atoms with van der Waals surface area (Å²) in [5, 5.41) is 5.18. The molecule has 1 fully saturated rings. The van der Waals surface area contributed by atoms with Gasteiger partial charge in [0.15, 0.2) is 0 Å². The molecule has 2 aromatic carbocycles. The molecule has 12 heteroatoms. The highest BCUT2D eigenvalue weighted by molar-refractivity contribution is 7.89. The van der Waals surface area contributed by atoms with Gasteiger partial charge in [0.05, 0.1) is 16.2 Å². The Morgan fingerprint density at radius 1 is 0.882 bits per heavy atom. The Hall–Kier alpha value is -3.09. The van der Waals surface area contributed by atoms with Crippen molar-refractivity contribution < 1.29 is 26.0 Å². The van der Waals surface area contributed by atoms with E-state index in [4.69, 9.17) is 5.14 Å². The van der Waals surface area contributed by atoms with Gasteiger partial charge in [-0.2, -0.15) is 13.2 Å². The van der Waals surface area contributed by atoms with Crippen LogP contribution in [0, 0.1) is 5.82 Å². The molecule has 1 aromatic heterocycles. The number of hydrogen-bond acceptors (Lipinski definition) is 6. The Labute approximate surface area is 193 Å². The molecule has 4 rings (SSSR count). The minimum Gasteiger partial charge on any atom is -0.353 e. The summed E-state index contributed by atoms with van der Waals surface area (Å²) in [7, 11) is -2.06. The van der Waals surface area contributed by atoms with E-state index in [2.05, 4.69) is 9.97 Å². The predicted octanol–water partition coefficient (Wildman–Crippen LogP) is 3.37. The number of hydrogen-bond donors (Lipinski definition) is 1. The summed E-state index contributed by atoms with van der Waals surface area (Å²) in [5.74, 6) is -1.80. The number of primary sulfonamides is 1. The van der Waals surface area contributed by atoms with Gasteiger partial charge >= 0.3 is 6.18 Å².